The van der Waals surface area contributed by atoms with E-state index in [2.05, 4.69) is 48.9 Å². The van der Waals surface area contributed by atoms with Gasteiger partial charge >= 0.3 is 0 Å². The number of nitrogens with zero attached hydrogens (tertiary/aromatic N) is 1. The highest BCUT2D eigenvalue weighted by atomic mass is 31.1. The zero-order valence-corrected chi connectivity index (χ0v) is 16.1. The van der Waals surface area contributed by atoms with E-state index >= 15 is 0 Å². The van der Waals surface area contributed by atoms with Gasteiger partial charge in [0.25, 0.3) is 0 Å². The van der Waals surface area contributed by atoms with Crippen LogP contribution in [0.15, 0.2) is 41.6 Å². The Kier molecular flexibility index (Phi) is 3.60. The second-order valence-electron chi connectivity index (χ2n) is 8.58. The zero-order valence-electron chi connectivity index (χ0n) is 15.2. The van der Waals surface area contributed by atoms with Crippen LogP contribution in [0.1, 0.15) is 65.2 Å². The number of allylic oxidation sites excluding steroid dienone is 4. The summed E-state index contributed by atoms with van der Waals surface area (Å²) in [5.41, 5.74) is 7.33. The van der Waals surface area contributed by atoms with Gasteiger partial charge in [-0.3, -0.25) is 0 Å². The molecule has 0 N–H and O–H groups in total. The fourth-order valence-corrected chi connectivity index (χ4v) is 10.1. The van der Waals surface area contributed by atoms with Crippen molar-refractivity contribution >= 4 is 13.4 Å². The third-order valence-corrected chi connectivity index (χ3v) is 10.6. The first-order chi connectivity index (χ1) is 11.7. The molecule has 4 unspecified atom stereocenters. The third-order valence-electron chi connectivity index (χ3n) is 7.20. The lowest BCUT2D eigenvalue weighted by atomic mass is 9.71. The molecule has 128 valence electrons. The molecule has 5 rings (SSSR count). The van der Waals surface area contributed by atoms with Gasteiger partial charge in [-0.25, -0.2) is 0 Å². The minimum Gasteiger partial charge on any atom is -0.335 e. The topological polar surface area (TPSA) is 4.93 Å². The maximum absolute atomic E-state index is 2.67. The van der Waals surface area contributed by atoms with Crippen molar-refractivity contribution in [1.29, 1.82) is 0 Å². The minimum atomic E-state index is -0.0309. The van der Waals surface area contributed by atoms with E-state index in [4.69, 9.17) is 0 Å². The Morgan fingerprint density at radius 3 is 2.79 bits per heavy atom. The number of hydrogen-bond acceptors (Lipinski definition) is 0. The van der Waals surface area contributed by atoms with Crippen LogP contribution in [-0.4, -0.2) is 15.9 Å². The molecule has 0 spiro atoms. The Labute approximate surface area is 148 Å². The average Bonchev–Trinajstić information content (AvgIpc) is 3.10. The van der Waals surface area contributed by atoms with Crippen LogP contribution >= 0.6 is 7.92 Å². The van der Waals surface area contributed by atoms with Gasteiger partial charge in [0.2, 0.25) is 0 Å². The molecule has 0 radical (unpaired) electrons. The van der Waals surface area contributed by atoms with Gasteiger partial charge in [-0.2, -0.15) is 0 Å². The van der Waals surface area contributed by atoms with Crippen molar-refractivity contribution < 1.29 is 0 Å². The molecule has 2 heteroatoms. The molecule has 4 atom stereocenters. The SMILES string of the molecule is CC1C=CC2(C)C3=C1CCCC3P(C1CCCCC1)c1cccn12. The van der Waals surface area contributed by atoms with E-state index < -0.39 is 0 Å². The largest absolute Gasteiger partial charge is 0.335 e. The highest BCUT2D eigenvalue weighted by molar-refractivity contribution is 7.67. The molecule has 1 aromatic rings. The number of aromatic nitrogens is 1. The first-order valence-electron chi connectivity index (χ1n) is 10.1. The lowest BCUT2D eigenvalue weighted by molar-refractivity contribution is 0.416. The predicted octanol–water partition coefficient (Wildman–Crippen LogP) is 5.71. The molecule has 1 saturated carbocycles. The molecule has 0 aromatic carbocycles. The van der Waals surface area contributed by atoms with Gasteiger partial charge in [0.05, 0.1) is 5.54 Å². The number of hydrogen-bond donors (Lipinski definition) is 0. The lowest BCUT2D eigenvalue weighted by Crippen LogP contribution is -2.50. The van der Waals surface area contributed by atoms with Crippen molar-refractivity contribution in [3.8, 4) is 0 Å². The van der Waals surface area contributed by atoms with Crippen LogP contribution < -0.4 is 5.44 Å². The Hall–Kier alpha value is -0.810. The molecule has 1 aromatic heterocycles. The summed E-state index contributed by atoms with van der Waals surface area (Å²) >= 11 is 0. The predicted molar refractivity (Wildman–Crippen MR) is 104 cm³/mol. The van der Waals surface area contributed by atoms with Gasteiger partial charge in [0.1, 0.15) is 0 Å². The van der Waals surface area contributed by atoms with E-state index in [0.29, 0.717) is 5.92 Å². The normalized spacial score (nSPS) is 38.8. The van der Waals surface area contributed by atoms with Gasteiger partial charge < -0.3 is 4.57 Å². The number of fused-ring (bicyclic) bond motifs is 2. The van der Waals surface area contributed by atoms with Crippen LogP contribution in [-0.2, 0) is 5.54 Å². The van der Waals surface area contributed by atoms with Crippen LogP contribution in [0.5, 0.6) is 0 Å². The van der Waals surface area contributed by atoms with Crippen molar-refractivity contribution in [2.75, 3.05) is 0 Å². The zero-order chi connectivity index (χ0) is 16.3. The fourth-order valence-electron chi connectivity index (χ4n) is 6.08. The maximum Gasteiger partial charge on any atom is 0.0821 e. The highest BCUT2D eigenvalue weighted by Gasteiger charge is 2.49. The first-order valence-corrected chi connectivity index (χ1v) is 11.6. The summed E-state index contributed by atoms with van der Waals surface area (Å²) in [6, 6.07) is 4.80. The minimum absolute atomic E-state index is 0.0309. The summed E-state index contributed by atoms with van der Waals surface area (Å²) in [6.45, 7) is 4.91. The van der Waals surface area contributed by atoms with E-state index in [1.807, 2.05) is 5.57 Å². The molecule has 1 fully saturated rings. The van der Waals surface area contributed by atoms with Crippen LogP contribution in [0, 0.1) is 5.92 Å². The quantitative estimate of drug-likeness (QED) is 0.456. The molecule has 1 aliphatic heterocycles. The average molecular weight is 339 g/mol. The molecule has 3 aliphatic carbocycles. The van der Waals surface area contributed by atoms with E-state index in [1.165, 1.54) is 51.4 Å². The maximum atomic E-state index is 2.67. The molecular weight excluding hydrogens is 309 g/mol. The van der Waals surface area contributed by atoms with Crippen LogP contribution in [0.4, 0.5) is 0 Å². The smallest absolute Gasteiger partial charge is 0.0821 e. The number of rotatable bonds is 1. The second-order valence-corrected chi connectivity index (χ2v) is 11.2. The van der Waals surface area contributed by atoms with E-state index in [1.54, 1.807) is 11.0 Å². The summed E-state index contributed by atoms with van der Waals surface area (Å²) in [5.74, 6) is 0.663. The van der Waals surface area contributed by atoms with Crippen molar-refractivity contribution in [2.24, 2.45) is 5.92 Å². The molecule has 0 amide bonds. The van der Waals surface area contributed by atoms with Gasteiger partial charge in [-0.15, -0.1) is 0 Å². The first kappa shape index (κ1) is 15.4. The van der Waals surface area contributed by atoms with Crippen LogP contribution in [0.2, 0.25) is 0 Å². The standard InChI is InChI=1S/C22H30NP/c1-16-13-14-22(2)21-18(16)10-6-11-19(21)24(17-8-4-3-5-9-17)20-12-7-15-23(20)22/h7,12-17,19H,3-6,8-11H2,1-2H3. The summed E-state index contributed by atoms with van der Waals surface area (Å²) < 4.78 is 2.67. The summed E-state index contributed by atoms with van der Waals surface area (Å²) in [7, 11) is -0.0309. The van der Waals surface area contributed by atoms with E-state index in [9.17, 15) is 0 Å². The molecule has 4 aliphatic rings. The van der Waals surface area contributed by atoms with Crippen molar-refractivity contribution in [3.05, 3.63) is 41.6 Å². The fraction of sp³-hybridized carbons (Fsp3) is 0.636. The Morgan fingerprint density at radius 2 is 1.96 bits per heavy atom. The van der Waals surface area contributed by atoms with Gasteiger partial charge in [-0.05, 0) is 76.2 Å². The second kappa shape index (κ2) is 5.60. The molecule has 24 heavy (non-hydrogen) atoms. The third kappa shape index (κ3) is 2.03. The lowest BCUT2D eigenvalue weighted by Gasteiger charge is -2.53. The van der Waals surface area contributed by atoms with Gasteiger partial charge in [0.15, 0.2) is 0 Å². The van der Waals surface area contributed by atoms with Gasteiger partial charge in [0, 0.05) is 17.3 Å². The van der Waals surface area contributed by atoms with Crippen LogP contribution in [0.3, 0.4) is 0 Å². The molecule has 2 heterocycles. The monoisotopic (exact) mass is 339 g/mol. The van der Waals surface area contributed by atoms with Crippen molar-refractivity contribution in [2.45, 2.75) is 82.1 Å². The van der Waals surface area contributed by atoms with Crippen LogP contribution in [0.25, 0.3) is 0 Å². The molecule has 0 bridgehead atoms. The summed E-state index contributed by atoms with van der Waals surface area (Å²) in [6.07, 6.45) is 19.0. The van der Waals surface area contributed by atoms with Crippen molar-refractivity contribution in [3.63, 3.8) is 0 Å². The molecular formula is C22H30NP. The van der Waals surface area contributed by atoms with E-state index in [-0.39, 0.29) is 13.5 Å². The van der Waals surface area contributed by atoms with E-state index in [0.717, 1.165) is 11.3 Å². The Balaban J connectivity index is 1.70. The summed E-state index contributed by atoms with van der Waals surface area (Å²) in [5, 5.41) is 0. The van der Waals surface area contributed by atoms with Crippen molar-refractivity contribution in [1.82, 2.24) is 4.57 Å². The van der Waals surface area contributed by atoms with Gasteiger partial charge in [-0.1, -0.05) is 43.9 Å². The Morgan fingerprint density at radius 1 is 1.12 bits per heavy atom. The molecule has 0 saturated heterocycles. The molecule has 1 nitrogen and oxygen atoms in total. The Bertz CT molecular complexity index is 705. The highest BCUT2D eigenvalue weighted by Crippen LogP contribution is 2.63. The summed E-state index contributed by atoms with van der Waals surface area (Å²) in [4.78, 5) is 0.